The van der Waals surface area contributed by atoms with E-state index in [0.717, 1.165) is 12.3 Å². The van der Waals surface area contributed by atoms with E-state index in [4.69, 9.17) is 0 Å². The Morgan fingerprint density at radius 3 is 2.60 bits per heavy atom. The van der Waals surface area contributed by atoms with Crippen molar-refractivity contribution in [2.24, 2.45) is 10.9 Å². The van der Waals surface area contributed by atoms with Gasteiger partial charge in [-0.25, -0.2) is 5.43 Å². The Hall–Kier alpha value is -0.570. The van der Waals surface area contributed by atoms with Crippen molar-refractivity contribution in [3.05, 3.63) is 0 Å². The second-order valence-electron chi connectivity index (χ2n) is 2.89. The number of amidine groups is 1. The summed E-state index contributed by atoms with van der Waals surface area (Å²) in [7, 11) is 0. The number of aliphatic imine (C=N–C) groups is 1. The number of hydrogen-bond acceptors (Lipinski definition) is 3. The predicted octanol–water partition coefficient (Wildman–Crippen LogP) is 0.885. The molecule has 0 radical (unpaired) electrons. The first kappa shape index (κ1) is 7.54. The Bertz CT molecular complexity index is 140. The molecule has 1 atom stereocenters. The van der Waals surface area contributed by atoms with Gasteiger partial charge in [0.05, 0.1) is 0 Å². The lowest BCUT2D eigenvalue weighted by Gasteiger charge is -2.09. The van der Waals surface area contributed by atoms with E-state index in [-0.39, 0.29) is 6.17 Å². The Labute approximate surface area is 61.9 Å². The summed E-state index contributed by atoms with van der Waals surface area (Å²) in [6.07, 6.45) is 1.26. The van der Waals surface area contributed by atoms with E-state index in [1.807, 2.05) is 0 Å². The SMILES string of the molecule is CCC1=NC(C(C)C)NN1. The van der Waals surface area contributed by atoms with Crippen LogP contribution in [0.25, 0.3) is 0 Å². The summed E-state index contributed by atoms with van der Waals surface area (Å²) < 4.78 is 0. The normalized spacial score (nSPS) is 24.8. The lowest BCUT2D eigenvalue weighted by molar-refractivity contribution is 0.424. The van der Waals surface area contributed by atoms with Gasteiger partial charge in [-0.05, 0) is 5.92 Å². The summed E-state index contributed by atoms with van der Waals surface area (Å²) in [5, 5.41) is 0. The summed E-state index contributed by atoms with van der Waals surface area (Å²) in [6.45, 7) is 6.40. The molecule has 0 aromatic carbocycles. The lowest BCUT2D eigenvalue weighted by Crippen LogP contribution is -2.37. The minimum Gasteiger partial charge on any atom is -0.308 e. The van der Waals surface area contributed by atoms with Gasteiger partial charge in [0.1, 0.15) is 12.0 Å². The minimum atomic E-state index is 0.273. The van der Waals surface area contributed by atoms with Crippen LogP contribution in [-0.4, -0.2) is 12.0 Å². The van der Waals surface area contributed by atoms with E-state index in [1.54, 1.807) is 0 Å². The average molecular weight is 141 g/mol. The van der Waals surface area contributed by atoms with Crippen molar-refractivity contribution in [3.8, 4) is 0 Å². The topological polar surface area (TPSA) is 36.4 Å². The molecule has 1 rings (SSSR count). The van der Waals surface area contributed by atoms with Crippen LogP contribution in [-0.2, 0) is 0 Å². The molecule has 3 nitrogen and oxygen atoms in total. The van der Waals surface area contributed by atoms with Crippen molar-refractivity contribution in [2.75, 3.05) is 0 Å². The average Bonchev–Trinajstić information content (AvgIpc) is 2.34. The zero-order valence-electron chi connectivity index (χ0n) is 6.81. The molecule has 0 aliphatic carbocycles. The molecule has 0 fully saturated rings. The summed E-state index contributed by atoms with van der Waals surface area (Å²) >= 11 is 0. The summed E-state index contributed by atoms with van der Waals surface area (Å²) in [4.78, 5) is 4.40. The zero-order valence-corrected chi connectivity index (χ0v) is 6.81. The Balaban J connectivity index is 2.47. The van der Waals surface area contributed by atoms with Crippen molar-refractivity contribution in [1.29, 1.82) is 0 Å². The Kier molecular flexibility index (Phi) is 2.27. The van der Waals surface area contributed by atoms with Crippen molar-refractivity contribution in [3.63, 3.8) is 0 Å². The third-order valence-corrected chi connectivity index (χ3v) is 1.63. The molecule has 0 saturated carbocycles. The van der Waals surface area contributed by atoms with E-state index >= 15 is 0 Å². The first-order chi connectivity index (χ1) is 4.74. The maximum Gasteiger partial charge on any atom is 0.120 e. The summed E-state index contributed by atoms with van der Waals surface area (Å²) in [5.41, 5.74) is 6.14. The molecule has 0 amide bonds. The van der Waals surface area contributed by atoms with Crippen molar-refractivity contribution < 1.29 is 0 Å². The monoisotopic (exact) mass is 141 g/mol. The van der Waals surface area contributed by atoms with Crippen molar-refractivity contribution >= 4 is 5.84 Å². The molecule has 1 aliphatic heterocycles. The minimum absolute atomic E-state index is 0.273. The molecule has 1 aliphatic rings. The molecule has 1 unspecified atom stereocenters. The molecule has 10 heavy (non-hydrogen) atoms. The fourth-order valence-electron chi connectivity index (χ4n) is 0.885. The third-order valence-electron chi connectivity index (χ3n) is 1.63. The number of hydrazine groups is 1. The van der Waals surface area contributed by atoms with Crippen molar-refractivity contribution in [2.45, 2.75) is 33.4 Å². The molecular weight excluding hydrogens is 126 g/mol. The van der Waals surface area contributed by atoms with Crippen LogP contribution in [0.1, 0.15) is 27.2 Å². The highest BCUT2D eigenvalue weighted by Crippen LogP contribution is 2.06. The van der Waals surface area contributed by atoms with Crippen LogP contribution in [0.5, 0.6) is 0 Å². The van der Waals surface area contributed by atoms with Crippen LogP contribution in [0, 0.1) is 5.92 Å². The second kappa shape index (κ2) is 3.01. The highest BCUT2D eigenvalue weighted by molar-refractivity contribution is 5.82. The van der Waals surface area contributed by atoms with E-state index in [9.17, 15) is 0 Å². The molecule has 0 saturated heterocycles. The van der Waals surface area contributed by atoms with Crippen molar-refractivity contribution in [1.82, 2.24) is 10.9 Å². The molecule has 0 bridgehead atoms. The summed E-state index contributed by atoms with van der Waals surface area (Å²) in [6, 6.07) is 0. The number of nitrogens with zero attached hydrogens (tertiary/aromatic N) is 1. The van der Waals surface area contributed by atoms with Gasteiger partial charge in [0.15, 0.2) is 0 Å². The van der Waals surface area contributed by atoms with E-state index in [1.165, 1.54) is 0 Å². The third kappa shape index (κ3) is 1.48. The lowest BCUT2D eigenvalue weighted by atomic mass is 10.2. The van der Waals surface area contributed by atoms with Crippen LogP contribution < -0.4 is 10.9 Å². The van der Waals surface area contributed by atoms with Crippen LogP contribution in [0.4, 0.5) is 0 Å². The van der Waals surface area contributed by atoms with Crippen LogP contribution in [0.2, 0.25) is 0 Å². The van der Waals surface area contributed by atoms with Crippen LogP contribution >= 0.6 is 0 Å². The van der Waals surface area contributed by atoms with Gasteiger partial charge >= 0.3 is 0 Å². The number of rotatable bonds is 2. The molecule has 3 heteroatoms. The highest BCUT2D eigenvalue weighted by Gasteiger charge is 2.16. The molecule has 2 N–H and O–H groups in total. The second-order valence-corrected chi connectivity index (χ2v) is 2.89. The van der Waals surface area contributed by atoms with Gasteiger partial charge in [-0.15, -0.1) is 0 Å². The fourth-order valence-corrected chi connectivity index (χ4v) is 0.885. The fraction of sp³-hybridized carbons (Fsp3) is 0.857. The van der Waals surface area contributed by atoms with Crippen LogP contribution in [0.3, 0.4) is 0 Å². The zero-order chi connectivity index (χ0) is 7.56. The van der Waals surface area contributed by atoms with Crippen LogP contribution in [0.15, 0.2) is 4.99 Å². The highest BCUT2D eigenvalue weighted by atomic mass is 15.5. The van der Waals surface area contributed by atoms with E-state index in [2.05, 4.69) is 36.6 Å². The smallest absolute Gasteiger partial charge is 0.120 e. The number of nitrogens with one attached hydrogen (secondary N) is 2. The Morgan fingerprint density at radius 1 is 1.60 bits per heavy atom. The van der Waals surface area contributed by atoms with Gasteiger partial charge in [0, 0.05) is 6.42 Å². The summed E-state index contributed by atoms with van der Waals surface area (Å²) in [5.74, 6) is 1.63. The predicted molar refractivity (Wildman–Crippen MR) is 42.6 cm³/mol. The molecule has 0 spiro atoms. The maximum atomic E-state index is 4.40. The molecule has 0 aromatic rings. The Morgan fingerprint density at radius 2 is 2.30 bits per heavy atom. The largest absolute Gasteiger partial charge is 0.308 e. The molecule has 1 heterocycles. The van der Waals surface area contributed by atoms with Gasteiger partial charge in [0.25, 0.3) is 0 Å². The van der Waals surface area contributed by atoms with Gasteiger partial charge in [-0.2, -0.15) is 0 Å². The van der Waals surface area contributed by atoms with Gasteiger partial charge in [-0.3, -0.25) is 4.99 Å². The quantitative estimate of drug-likeness (QED) is 0.599. The number of hydrogen-bond donors (Lipinski definition) is 2. The van der Waals surface area contributed by atoms with E-state index < -0.39 is 0 Å². The van der Waals surface area contributed by atoms with Gasteiger partial charge < -0.3 is 5.43 Å². The molecular formula is C7H15N3. The molecule has 0 aromatic heterocycles. The first-order valence-electron chi connectivity index (χ1n) is 3.82. The standard InChI is InChI=1S/C7H15N3/c1-4-6-8-7(5(2)3)10-9-6/h5,7,10H,4H2,1-3H3,(H,8,9). The van der Waals surface area contributed by atoms with Gasteiger partial charge in [0.2, 0.25) is 0 Å². The molecule has 58 valence electrons. The van der Waals surface area contributed by atoms with Gasteiger partial charge in [-0.1, -0.05) is 20.8 Å². The maximum absolute atomic E-state index is 4.40. The van der Waals surface area contributed by atoms with E-state index in [0.29, 0.717) is 5.92 Å². The first-order valence-corrected chi connectivity index (χ1v) is 3.82.